The van der Waals surface area contributed by atoms with Gasteiger partial charge in [0.25, 0.3) is 0 Å². The highest BCUT2D eigenvalue weighted by Gasteiger charge is 2.14. The predicted molar refractivity (Wildman–Crippen MR) is 76.1 cm³/mol. The minimum atomic E-state index is -0.913. The van der Waals surface area contributed by atoms with Crippen LogP contribution in [0.5, 0.6) is 0 Å². The van der Waals surface area contributed by atoms with E-state index in [9.17, 15) is 4.21 Å². The molecule has 5 heteroatoms. The first-order valence-electron chi connectivity index (χ1n) is 6.30. The molecule has 4 nitrogen and oxygen atoms in total. The van der Waals surface area contributed by atoms with Crippen molar-refractivity contribution in [2.24, 2.45) is 0 Å². The van der Waals surface area contributed by atoms with Gasteiger partial charge in [-0.05, 0) is 31.3 Å². The molecule has 18 heavy (non-hydrogen) atoms. The standard InChI is InChI=1S/C13H21N3OS/c1-15-6-8-16(9-7-15)10-11-18(17)13-4-2-12(14)3-5-13/h2-5H,6-11,14H2,1H3. The van der Waals surface area contributed by atoms with E-state index in [1.54, 1.807) is 0 Å². The Balaban J connectivity index is 1.79. The molecule has 1 atom stereocenters. The molecule has 0 aliphatic carbocycles. The minimum Gasteiger partial charge on any atom is -0.399 e. The molecule has 0 aromatic heterocycles. The number of nitrogen functional groups attached to an aromatic ring is 1. The molecular formula is C13H21N3OS. The second kappa shape index (κ2) is 6.31. The summed E-state index contributed by atoms with van der Waals surface area (Å²) in [6, 6.07) is 7.33. The highest BCUT2D eigenvalue weighted by Crippen LogP contribution is 2.10. The van der Waals surface area contributed by atoms with Crippen LogP contribution >= 0.6 is 0 Å². The SMILES string of the molecule is CN1CCN(CCS(=O)c2ccc(N)cc2)CC1. The molecule has 1 aliphatic heterocycles. The topological polar surface area (TPSA) is 49.6 Å². The Morgan fingerprint density at radius 2 is 1.78 bits per heavy atom. The summed E-state index contributed by atoms with van der Waals surface area (Å²) in [5.41, 5.74) is 6.34. The molecule has 2 N–H and O–H groups in total. The van der Waals surface area contributed by atoms with Crippen molar-refractivity contribution in [1.82, 2.24) is 9.80 Å². The molecule has 2 rings (SSSR count). The van der Waals surface area contributed by atoms with Crippen LogP contribution in [-0.4, -0.2) is 59.5 Å². The lowest BCUT2D eigenvalue weighted by molar-refractivity contribution is 0.161. The van der Waals surface area contributed by atoms with Gasteiger partial charge in [0.05, 0.1) is 10.8 Å². The Morgan fingerprint density at radius 1 is 1.17 bits per heavy atom. The molecule has 0 spiro atoms. The van der Waals surface area contributed by atoms with Crippen LogP contribution in [0.15, 0.2) is 29.2 Å². The van der Waals surface area contributed by atoms with Crippen molar-refractivity contribution in [2.75, 3.05) is 51.3 Å². The van der Waals surface area contributed by atoms with Crippen LogP contribution in [0.2, 0.25) is 0 Å². The zero-order chi connectivity index (χ0) is 13.0. The van der Waals surface area contributed by atoms with Crippen molar-refractivity contribution >= 4 is 16.5 Å². The van der Waals surface area contributed by atoms with Gasteiger partial charge in [-0.25, -0.2) is 0 Å². The smallest absolute Gasteiger partial charge is 0.0542 e. The molecule has 100 valence electrons. The largest absolute Gasteiger partial charge is 0.399 e. The van der Waals surface area contributed by atoms with Crippen molar-refractivity contribution < 1.29 is 4.21 Å². The van der Waals surface area contributed by atoms with Crippen LogP contribution in [0.3, 0.4) is 0 Å². The van der Waals surface area contributed by atoms with Crippen LogP contribution in [0.4, 0.5) is 5.69 Å². The molecule has 0 amide bonds. The lowest BCUT2D eigenvalue weighted by Crippen LogP contribution is -2.45. The first-order valence-corrected chi connectivity index (χ1v) is 7.62. The monoisotopic (exact) mass is 267 g/mol. The van der Waals surface area contributed by atoms with Crippen molar-refractivity contribution in [3.05, 3.63) is 24.3 Å². The zero-order valence-electron chi connectivity index (χ0n) is 10.8. The number of nitrogens with two attached hydrogens (primary N) is 1. The van der Waals surface area contributed by atoms with Gasteiger partial charge in [0.15, 0.2) is 0 Å². The Labute approximate surface area is 111 Å². The van der Waals surface area contributed by atoms with Crippen molar-refractivity contribution in [3.8, 4) is 0 Å². The summed E-state index contributed by atoms with van der Waals surface area (Å²) in [5.74, 6) is 0.702. The third-order valence-electron chi connectivity index (χ3n) is 3.33. The van der Waals surface area contributed by atoms with Crippen molar-refractivity contribution in [1.29, 1.82) is 0 Å². The van der Waals surface area contributed by atoms with E-state index < -0.39 is 10.8 Å². The molecule has 1 saturated heterocycles. The zero-order valence-corrected chi connectivity index (χ0v) is 11.7. The van der Waals surface area contributed by atoms with Gasteiger partial charge >= 0.3 is 0 Å². The Bertz CT molecular complexity index is 399. The first kappa shape index (κ1) is 13.5. The summed E-state index contributed by atoms with van der Waals surface area (Å²) in [6.45, 7) is 5.28. The fraction of sp³-hybridized carbons (Fsp3) is 0.538. The van der Waals surface area contributed by atoms with Gasteiger partial charge in [0.2, 0.25) is 0 Å². The lowest BCUT2D eigenvalue weighted by Gasteiger charge is -2.32. The van der Waals surface area contributed by atoms with Crippen LogP contribution in [-0.2, 0) is 10.8 Å². The molecule has 1 fully saturated rings. The van der Waals surface area contributed by atoms with Crippen LogP contribution in [0, 0.1) is 0 Å². The molecule has 1 unspecified atom stereocenters. The summed E-state index contributed by atoms with van der Waals surface area (Å²) in [4.78, 5) is 5.58. The average Bonchev–Trinajstić information content (AvgIpc) is 2.38. The summed E-state index contributed by atoms with van der Waals surface area (Å²) >= 11 is 0. The van der Waals surface area contributed by atoms with Gasteiger partial charge in [-0.15, -0.1) is 0 Å². The molecule has 1 aromatic rings. The van der Waals surface area contributed by atoms with Gasteiger partial charge in [-0.1, -0.05) is 0 Å². The van der Waals surface area contributed by atoms with Crippen molar-refractivity contribution in [2.45, 2.75) is 4.90 Å². The molecular weight excluding hydrogens is 246 g/mol. The highest BCUT2D eigenvalue weighted by molar-refractivity contribution is 7.85. The van der Waals surface area contributed by atoms with Crippen molar-refractivity contribution in [3.63, 3.8) is 0 Å². The third-order valence-corrected chi connectivity index (χ3v) is 4.68. The maximum atomic E-state index is 12.1. The fourth-order valence-electron chi connectivity index (χ4n) is 2.02. The number of hydrogen-bond donors (Lipinski definition) is 1. The molecule has 0 radical (unpaired) electrons. The number of benzene rings is 1. The fourth-order valence-corrected chi connectivity index (χ4v) is 3.12. The molecule has 1 aliphatic rings. The van der Waals surface area contributed by atoms with Gasteiger partial charge in [-0.2, -0.15) is 0 Å². The predicted octanol–water partition coefficient (Wildman–Crippen LogP) is 0.624. The van der Waals surface area contributed by atoms with Crippen LogP contribution < -0.4 is 5.73 Å². The van der Waals surface area contributed by atoms with Gasteiger partial charge < -0.3 is 10.6 Å². The van der Waals surface area contributed by atoms with E-state index in [-0.39, 0.29) is 0 Å². The Kier molecular flexibility index (Phi) is 4.74. The average molecular weight is 267 g/mol. The van der Waals surface area contributed by atoms with E-state index in [4.69, 9.17) is 5.73 Å². The normalized spacial score (nSPS) is 19.8. The minimum absolute atomic E-state index is 0.702. The molecule has 1 aromatic carbocycles. The first-order chi connectivity index (χ1) is 8.65. The maximum Gasteiger partial charge on any atom is 0.0542 e. The number of piperazine rings is 1. The summed E-state index contributed by atoms with van der Waals surface area (Å²) in [5, 5.41) is 0. The summed E-state index contributed by atoms with van der Waals surface area (Å²) < 4.78 is 12.1. The Morgan fingerprint density at radius 3 is 2.39 bits per heavy atom. The molecule has 0 bridgehead atoms. The van der Waals surface area contributed by atoms with Gasteiger partial charge in [-0.3, -0.25) is 9.11 Å². The van der Waals surface area contributed by atoms with E-state index in [0.717, 1.165) is 43.3 Å². The van der Waals surface area contributed by atoms with Crippen LogP contribution in [0.1, 0.15) is 0 Å². The Hall–Kier alpha value is -0.910. The summed E-state index contributed by atoms with van der Waals surface area (Å²) in [6.07, 6.45) is 0. The van der Waals surface area contributed by atoms with E-state index in [0.29, 0.717) is 5.75 Å². The quantitative estimate of drug-likeness (QED) is 0.813. The van der Waals surface area contributed by atoms with Crippen LogP contribution in [0.25, 0.3) is 0 Å². The van der Waals surface area contributed by atoms with Gasteiger partial charge in [0.1, 0.15) is 0 Å². The number of anilines is 1. The number of hydrogen-bond acceptors (Lipinski definition) is 4. The van der Waals surface area contributed by atoms with E-state index >= 15 is 0 Å². The number of rotatable bonds is 4. The maximum absolute atomic E-state index is 12.1. The third kappa shape index (κ3) is 3.80. The van der Waals surface area contributed by atoms with E-state index in [1.807, 2.05) is 24.3 Å². The molecule has 0 saturated carbocycles. The van der Waals surface area contributed by atoms with E-state index in [2.05, 4.69) is 16.8 Å². The molecule has 1 heterocycles. The van der Waals surface area contributed by atoms with Gasteiger partial charge in [0, 0.05) is 49.1 Å². The second-order valence-corrected chi connectivity index (χ2v) is 6.33. The number of nitrogens with zero attached hydrogens (tertiary/aromatic N) is 2. The lowest BCUT2D eigenvalue weighted by atomic mass is 10.3. The summed E-state index contributed by atoms with van der Waals surface area (Å²) in [7, 11) is 1.23. The van der Waals surface area contributed by atoms with E-state index in [1.165, 1.54) is 0 Å². The number of likely N-dealkylation sites (N-methyl/N-ethyl adjacent to an activating group) is 1. The highest BCUT2D eigenvalue weighted by atomic mass is 32.2. The second-order valence-electron chi connectivity index (χ2n) is 4.76.